The second-order valence-electron chi connectivity index (χ2n) is 5.66. The van der Waals surface area contributed by atoms with Crippen molar-refractivity contribution in [3.63, 3.8) is 0 Å². The lowest BCUT2D eigenvalue weighted by Gasteiger charge is -2.17. The standard InChI is InChI=1S/C17H19N3O3S/c1-12-11-24-17(18-12)19(2)16(22)10-23-14-7-5-13(6-8-14)20-9-3-4-15(20)21/h5-8,11H,3-4,9-10H2,1-2H3. The number of anilines is 2. The van der Waals surface area contributed by atoms with Crippen molar-refractivity contribution in [2.24, 2.45) is 0 Å². The van der Waals surface area contributed by atoms with E-state index in [0.717, 1.165) is 24.3 Å². The molecule has 7 heteroatoms. The molecule has 0 N–H and O–H groups in total. The molecule has 1 aromatic heterocycles. The fourth-order valence-corrected chi connectivity index (χ4v) is 3.27. The van der Waals surface area contributed by atoms with Gasteiger partial charge in [-0.2, -0.15) is 0 Å². The van der Waals surface area contributed by atoms with Crippen LogP contribution >= 0.6 is 11.3 Å². The fourth-order valence-electron chi connectivity index (χ4n) is 2.49. The van der Waals surface area contributed by atoms with Crippen molar-refractivity contribution < 1.29 is 14.3 Å². The minimum atomic E-state index is -0.164. The van der Waals surface area contributed by atoms with E-state index in [1.165, 1.54) is 16.2 Å². The molecule has 0 spiro atoms. The van der Waals surface area contributed by atoms with Crippen molar-refractivity contribution in [3.05, 3.63) is 35.3 Å². The third kappa shape index (κ3) is 3.56. The monoisotopic (exact) mass is 345 g/mol. The molecule has 2 amide bonds. The SMILES string of the molecule is Cc1csc(N(C)C(=O)COc2ccc(N3CCCC3=O)cc2)n1. The van der Waals surface area contributed by atoms with E-state index < -0.39 is 0 Å². The van der Waals surface area contributed by atoms with Crippen molar-refractivity contribution in [1.82, 2.24) is 4.98 Å². The lowest BCUT2D eigenvalue weighted by atomic mass is 10.3. The first-order chi connectivity index (χ1) is 11.5. The normalized spacial score (nSPS) is 14.1. The van der Waals surface area contributed by atoms with Gasteiger partial charge in [-0.25, -0.2) is 4.98 Å². The van der Waals surface area contributed by atoms with Gasteiger partial charge < -0.3 is 9.64 Å². The Kier molecular flexibility index (Phi) is 4.80. The van der Waals surface area contributed by atoms with E-state index in [9.17, 15) is 9.59 Å². The lowest BCUT2D eigenvalue weighted by molar-refractivity contribution is -0.120. The molecule has 3 rings (SSSR count). The van der Waals surface area contributed by atoms with E-state index in [1.807, 2.05) is 24.4 Å². The summed E-state index contributed by atoms with van der Waals surface area (Å²) in [6.45, 7) is 2.59. The molecule has 0 saturated carbocycles. The molecule has 6 nitrogen and oxygen atoms in total. The molecule has 126 valence electrons. The highest BCUT2D eigenvalue weighted by Gasteiger charge is 2.21. The number of hydrogen-bond donors (Lipinski definition) is 0. The number of ether oxygens (including phenoxy) is 1. The summed E-state index contributed by atoms with van der Waals surface area (Å²) < 4.78 is 5.54. The zero-order valence-corrected chi connectivity index (χ0v) is 14.5. The Bertz CT molecular complexity index is 742. The first kappa shape index (κ1) is 16.4. The van der Waals surface area contributed by atoms with E-state index in [-0.39, 0.29) is 18.4 Å². The summed E-state index contributed by atoms with van der Waals surface area (Å²) in [6.07, 6.45) is 1.50. The van der Waals surface area contributed by atoms with Gasteiger partial charge in [-0.15, -0.1) is 11.3 Å². The zero-order valence-electron chi connectivity index (χ0n) is 13.7. The van der Waals surface area contributed by atoms with Crippen LogP contribution in [0.2, 0.25) is 0 Å². The second-order valence-corrected chi connectivity index (χ2v) is 6.49. The Balaban J connectivity index is 1.56. The number of likely N-dealkylation sites (N-methyl/N-ethyl adjacent to an activating group) is 1. The van der Waals surface area contributed by atoms with Gasteiger partial charge in [0, 0.05) is 31.1 Å². The molecule has 2 heterocycles. The summed E-state index contributed by atoms with van der Waals surface area (Å²) in [6, 6.07) is 7.25. The minimum absolute atomic E-state index is 0.0584. The predicted molar refractivity (Wildman–Crippen MR) is 93.8 cm³/mol. The maximum absolute atomic E-state index is 12.2. The molecular weight excluding hydrogens is 326 g/mol. The van der Waals surface area contributed by atoms with E-state index in [1.54, 1.807) is 24.1 Å². The van der Waals surface area contributed by atoms with E-state index in [4.69, 9.17) is 4.74 Å². The van der Waals surface area contributed by atoms with E-state index in [2.05, 4.69) is 4.98 Å². The van der Waals surface area contributed by atoms with Crippen molar-refractivity contribution in [2.75, 3.05) is 30.0 Å². The Morgan fingerprint density at radius 2 is 2.12 bits per heavy atom. The van der Waals surface area contributed by atoms with Crippen LogP contribution in [0.5, 0.6) is 5.75 Å². The quantitative estimate of drug-likeness (QED) is 0.836. The molecule has 1 saturated heterocycles. The van der Waals surface area contributed by atoms with Crippen LogP contribution in [0.1, 0.15) is 18.5 Å². The molecule has 2 aromatic rings. The van der Waals surface area contributed by atoms with Gasteiger partial charge in [-0.3, -0.25) is 14.5 Å². The van der Waals surface area contributed by atoms with Crippen LogP contribution in [0.25, 0.3) is 0 Å². The van der Waals surface area contributed by atoms with Gasteiger partial charge in [0.25, 0.3) is 5.91 Å². The first-order valence-electron chi connectivity index (χ1n) is 7.76. The van der Waals surface area contributed by atoms with Gasteiger partial charge in [0.2, 0.25) is 5.91 Å². The van der Waals surface area contributed by atoms with Crippen molar-refractivity contribution in [1.29, 1.82) is 0 Å². The maximum atomic E-state index is 12.2. The smallest absolute Gasteiger partial charge is 0.266 e. The topological polar surface area (TPSA) is 62.7 Å². The molecule has 1 aliphatic rings. The molecule has 1 aliphatic heterocycles. The third-order valence-corrected chi connectivity index (χ3v) is 4.89. The molecule has 0 bridgehead atoms. The van der Waals surface area contributed by atoms with Gasteiger partial charge in [-0.1, -0.05) is 0 Å². The van der Waals surface area contributed by atoms with Gasteiger partial charge >= 0.3 is 0 Å². The van der Waals surface area contributed by atoms with Crippen molar-refractivity contribution >= 4 is 34.0 Å². The number of rotatable bonds is 5. The Hall–Kier alpha value is -2.41. The van der Waals surface area contributed by atoms with Gasteiger partial charge in [-0.05, 0) is 37.6 Å². The number of nitrogens with zero attached hydrogens (tertiary/aromatic N) is 3. The molecule has 0 aliphatic carbocycles. The van der Waals surface area contributed by atoms with Crippen molar-refractivity contribution in [3.8, 4) is 5.75 Å². The molecule has 0 unspecified atom stereocenters. The van der Waals surface area contributed by atoms with E-state index >= 15 is 0 Å². The molecule has 1 fully saturated rings. The maximum Gasteiger partial charge on any atom is 0.266 e. The summed E-state index contributed by atoms with van der Waals surface area (Å²) in [5.41, 5.74) is 1.76. The summed E-state index contributed by atoms with van der Waals surface area (Å²) in [4.78, 5) is 31.4. The minimum Gasteiger partial charge on any atom is -0.484 e. The molecule has 1 aromatic carbocycles. The highest BCUT2D eigenvalue weighted by Crippen LogP contribution is 2.24. The van der Waals surface area contributed by atoms with Gasteiger partial charge in [0.15, 0.2) is 11.7 Å². The van der Waals surface area contributed by atoms with E-state index in [0.29, 0.717) is 17.3 Å². The molecule has 24 heavy (non-hydrogen) atoms. The summed E-state index contributed by atoms with van der Waals surface area (Å²) in [5, 5.41) is 2.56. The number of carbonyl (C=O) groups excluding carboxylic acids is 2. The predicted octanol–water partition coefficient (Wildman–Crippen LogP) is 2.62. The zero-order chi connectivity index (χ0) is 17.1. The van der Waals surface area contributed by atoms with Crippen LogP contribution in [-0.2, 0) is 9.59 Å². The van der Waals surface area contributed by atoms with Crippen LogP contribution in [-0.4, -0.2) is 37.0 Å². The largest absolute Gasteiger partial charge is 0.484 e. The number of hydrogen-bond acceptors (Lipinski definition) is 5. The Morgan fingerprint density at radius 3 is 2.71 bits per heavy atom. The number of benzene rings is 1. The second kappa shape index (κ2) is 7.00. The first-order valence-corrected chi connectivity index (χ1v) is 8.64. The summed E-state index contributed by atoms with van der Waals surface area (Å²) in [5.74, 6) is 0.588. The van der Waals surface area contributed by atoms with Crippen molar-refractivity contribution in [2.45, 2.75) is 19.8 Å². The lowest BCUT2D eigenvalue weighted by Crippen LogP contribution is -2.31. The number of aromatic nitrogens is 1. The van der Waals surface area contributed by atoms with Crippen LogP contribution in [0.4, 0.5) is 10.8 Å². The summed E-state index contributed by atoms with van der Waals surface area (Å²) >= 11 is 1.42. The molecular formula is C17H19N3O3S. The Labute approximate surface area is 144 Å². The highest BCUT2D eigenvalue weighted by molar-refractivity contribution is 7.14. The van der Waals surface area contributed by atoms with Crippen LogP contribution in [0, 0.1) is 6.92 Å². The van der Waals surface area contributed by atoms with Crippen LogP contribution in [0.15, 0.2) is 29.6 Å². The van der Waals surface area contributed by atoms with Gasteiger partial charge in [0.05, 0.1) is 5.69 Å². The van der Waals surface area contributed by atoms with Crippen LogP contribution in [0.3, 0.4) is 0 Å². The number of amides is 2. The van der Waals surface area contributed by atoms with Gasteiger partial charge in [0.1, 0.15) is 5.75 Å². The third-order valence-electron chi connectivity index (χ3n) is 3.85. The average Bonchev–Trinajstić information content (AvgIpc) is 3.21. The number of aryl methyl sites for hydroxylation is 1. The Morgan fingerprint density at radius 1 is 1.38 bits per heavy atom. The number of carbonyl (C=O) groups is 2. The molecule has 0 radical (unpaired) electrons. The highest BCUT2D eigenvalue weighted by atomic mass is 32.1. The molecule has 0 atom stereocenters. The average molecular weight is 345 g/mol. The summed E-state index contributed by atoms with van der Waals surface area (Å²) in [7, 11) is 1.69. The fraction of sp³-hybridized carbons (Fsp3) is 0.353. The number of thiazole rings is 1. The van der Waals surface area contributed by atoms with Crippen LogP contribution < -0.4 is 14.5 Å².